The molecule has 0 heterocycles. The van der Waals surface area contributed by atoms with Gasteiger partial charge in [0.15, 0.2) is 0 Å². The smallest absolute Gasteiger partial charge is 0.416 e. The normalized spacial score (nSPS) is 12.0. The van der Waals surface area contributed by atoms with E-state index >= 15 is 0 Å². The number of benzene rings is 2. The fraction of sp³-hybridized carbons (Fsp3) is 0.278. The zero-order valence-electron chi connectivity index (χ0n) is 14.5. The molecule has 1 unspecified atom stereocenters. The number of rotatable bonds is 7. The highest BCUT2D eigenvalue weighted by Gasteiger charge is 2.30. The van der Waals surface area contributed by atoms with Gasteiger partial charge in [0, 0.05) is 13.7 Å². The first-order chi connectivity index (χ1) is 12.3. The average molecular weight is 405 g/mol. The summed E-state index contributed by atoms with van der Waals surface area (Å²) in [4.78, 5) is 11.7. The van der Waals surface area contributed by atoms with E-state index in [2.05, 4.69) is 5.32 Å². The van der Waals surface area contributed by atoms with Gasteiger partial charge < -0.3 is 20.5 Å². The Morgan fingerprint density at radius 2 is 1.59 bits per heavy atom. The van der Waals surface area contributed by atoms with Gasteiger partial charge in [0.25, 0.3) is 0 Å². The lowest BCUT2D eigenvalue weighted by Crippen LogP contribution is -2.43. The van der Waals surface area contributed by atoms with Gasteiger partial charge in [-0.2, -0.15) is 13.2 Å². The van der Waals surface area contributed by atoms with E-state index in [4.69, 9.17) is 15.2 Å². The number of alkyl halides is 3. The van der Waals surface area contributed by atoms with E-state index in [9.17, 15) is 18.0 Å². The lowest BCUT2D eigenvalue weighted by atomic mass is 10.2. The molecular weight excluding hydrogens is 385 g/mol. The van der Waals surface area contributed by atoms with E-state index in [1.165, 1.54) is 19.2 Å². The number of methoxy groups -OCH3 is 1. The Kier molecular flexibility index (Phi) is 8.55. The van der Waals surface area contributed by atoms with E-state index in [0.29, 0.717) is 11.5 Å². The highest BCUT2D eigenvalue weighted by atomic mass is 35.5. The van der Waals surface area contributed by atoms with Gasteiger partial charge in [-0.25, -0.2) is 0 Å². The molecule has 3 N–H and O–H groups in total. The molecule has 148 valence electrons. The van der Waals surface area contributed by atoms with Crippen LogP contribution in [0, 0.1) is 0 Å². The van der Waals surface area contributed by atoms with Gasteiger partial charge in [-0.3, -0.25) is 4.79 Å². The Labute approximate surface area is 161 Å². The van der Waals surface area contributed by atoms with E-state index < -0.39 is 17.8 Å². The number of amides is 1. The lowest BCUT2D eigenvalue weighted by Gasteiger charge is -2.12. The first-order valence-electron chi connectivity index (χ1n) is 7.76. The molecule has 2 aromatic carbocycles. The summed E-state index contributed by atoms with van der Waals surface area (Å²) in [7, 11) is 1.46. The minimum atomic E-state index is -4.38. The molecule has 1 atom stereocenters. The maximum Gasteiger partial charge on any atom is 0.416 e. The van der Waals surface area contributed by atoms with Crippen molar-refractivity contribution in [2.24, 2.45) is 5.73 Å². The molecule has 0 saturated carbocycles. The number of halogens is 4. The van der Waals surface area contributed by atoms with Gasteiger partial charge in [-0.1, -0.05) is 12.1 Å². The number of hydrogen-bond acceptors (Lipinski definition) is 4. The number of nitrogens with two attached hydrogens (primary N) is 1. The molecule has 0 radical (unpaired) electrons. The number of nitrogens with one attached hydrogen (secondary N) is 1. The van der Waals surface area contributed by atoms with Crippen LogP contribution in [0.5, 0.6) is 11.5 Å². The average Bonchev–Trinajstić information content (AvgIpc) is 2.61. The number of hydrogen-bond donors (Lipinski definition) is 2. The number of ether oxygens (including phenoxy) is 2. The second kappa shape index (κ2) is 10.1. The Balaban J connectivity index is 0.00000364. The van der Waals surface area contributed by atoms with Crippen molar-refractivity contribution in [3.63, 3.8) is 0 Å². The third kappa shape index (κ3) is 7.09. The minimum Gasteiger partial charge on any atom is -0.457 e. The van der Waals surface area contributed by atoms with Crippen molar-refractivity contribution in [3.05, 3.63) is 59.7 Å². The van der Waals surface area contributed by atoms with E-state index in [1.54, 1.807) is 24.3 Å². The molecular formula is C18H20ClF3N2O3. The summed E-state index contributed by atoms with van der Waals surface area (Å²) in [5.74, 6) is 0.442. The topological polar surface area (TPSA) is 73.6 Å². The molecule has 0 aromatic heterocycles. The van der Waals surface area contributed by atoms with Crippen LogP contribution in [0.2, 0.25) is 0 Å². The first-order valence-corrected chi connectivity index (χ1v) is 7.76. The van der Waals surface area contributed by atoms with Gasteiger partial charge in [0.2, 0.25) is 5.91 Å². The van der Waals surface area contributed by atoms with Crippen LogP contribution in [0.25, 0.3) is 0 Å². The highest BCUT2D eigenvalue weighted by Crippen LogP contribution is 2.31. The van der Waals surface area contributed by atoms with Crippen LogP contribution in [0.4, 0.5) is 13.2 Å². The zero-order chi connectivity index (χ0) is 19.2. The predicted octanol–water partition coefficient (Wildman–Crippen LogP) is 3.51. The van der Waals surface area contributed by atoms with Gasteiger partial charge in [0.1, 0.15) is 17.5 Å². The third-order valence-electron chi connectivity index (χ3n) is 3.49. The Morgan fingerprint density at radius 3 is 2.07 bits per heavy atom. The molecule has 0 aliphatic heterocycles. The van der Waals surface area contributed by atoms with E-state index in [0.717, 1.165) is 17.7 Å². The quantitative estimate of drug-likeness (QED) is 0.740. The van der Waals surface area contributed by atoms with Crippen LogP contribution in [0.15, 0.2) is 48.5 Å². The van der Waals surface area contributed by atoms with Crippen LogP contribution in [0.3, 0.4) is 0 Å². The standard InChI is InChI=1S/C18H19F3N2O3.ClH/c1-25-11-16(22)17(24)23-10-12-2-6-14(7-3-12)26-15-8-4-13(5-9-15)18(19,20)21;/h2-9,16H,10-11,22H2,1H3,(H,23,24);1H. The summed E-state index contributed by atoms with van der Waals surface area (Å²) < 4.78 is 47.9. The van der Waals surface area contributed by atoms with Crippen molar-refractivity contribution in [2.75, 3.05) is 13.7 Å². The summed E-state index contributed by atoms with van der Waals surface area (Å²) in [6.07, 6.45) is -4.38. The van der Waals surface area contributed by atoms with Crippen molar-refractivity contribution >= 4 is 18.3 Å². The van der Waals surface area contributed by atoms with Gasteiger partial charge >= 0.3 is 6.18 Å². The largest absolute Gasteiger partial charge is 0.457 e. The summed E-state index contributed by atoms with van der Waals surface area (Å²) in [6.45, 7) is 0.419. The van der Waals surface area contributed by atoms with Gasteiger partial charge in [0.05, 0.1) is 12.2 Å². The van der Waals surface area contributed by atoms with E-state index in [1.807, 2.05) is 0 Å². The molecule has 2 aromatic rings. The lowest BCUT2D eigenvalue weighted by molar-refractivity contribution is -0.137. The van der Waals surface area contributed by atoms with Crippen molar-refractivity contribution < 1.29 is 27.4 Å². The molecule has 0 fully saturated rings. The Hall–Kier alpha value is -2.29. The summed E-state index contributed by atoms with van der Waals surface area (Å²) >= 11 is 0. The van der Waals surface area contributed by atoms with Crippen LogP contribution in [0.1, 0.15) is 11.1 Å². The molecule has 0 bridgehead atoms. The fourth-order valence-corrected chi connectivity index (χ4v) is 2.10. The molecule has 9 heteroatoms. The van der Waals surface area contributed by atoms with Gasteiger partial charge in [-0.05, 0) is 42.0 Å². The van der Waals surface area contributed by atoms with Crippen LogP contribution in [-0.2, 0) is 22.3 Å². The maximum absolute atomic E-state index is 12.5. The van der Waals surface area contributed by atoms with Crippen molar-refractivity contribution in [3.8, 4) is 11.5 Å². The molecule has 27 heavy (non-hydrogen) atoms. The van der Waals surface area contributed by atoms with Crippen molar-refractivity contribution in [1.82, 2.24) is 5.32 Å². The van der Waals surface area contributed by atoms with E-state index in [-0.39, 0.29) is 31.5 Å². The molecule has 0 saturated heterocycles. The second-order valence-corrected chi connectivity index (χ2v) is 5.55. The SMILES string of the molecule is COCC(N)C(=O)NCc1ccc(Oc2ccc(C(F)(F)F)cc2)cc1.Cl. The highest BCUT2D eigenvalue weighted by molar-refractivity contribution is 5.85. The van der Waals surface area contributed by atoms with Gasteiger partial charge in [-0.15, -0.1) is 12.4 Å². The Bertz CT molecular complexity index is 722. The number of carbonyl (C=O) groups excluding carboxylic acids is 1. The first kappa shape index (κ1) is 22.8. The summed E-state index contributed by atoms with van der Waals surface area (Å²) in [5, 5.41) is 2.68. The maximum atomic E-state index is 12.5. The molecule has 2 rings (SSSR count). The monoisotopic (exact) mass is 404 g/mol. The molecule has 5 nitrogen and oxygen atoms in total. The summed E-state index contributed by atoms with van der Waals surface area (Å²) in [5.41, 5.74) is 5.70. The predicted molar refractivity (Wildman–Crippen MR) is 96.9 cm³/mol. The molecule has 0 spiro atoms. The summed E-state index contributed by atoms with van der Waals surface area (Å²) in [6, 6.07) is 10.5. The third-order valence-corrected chi connectivity index (χ3v) is 3.49. The Morgan fingerprint density at radius 1 is 1.07 bits per heavy atom. The molecule has 0 aliphatic rings. The van der Waals surface area contributed by atoms with Crippen LogP contribution < -0.4 is 15.8 Å². The minimum absolute atomic E-state index is 0. The van der Waals surface area contributed by atoms with Crippen molar-refractivity contribution in [1.29, 1.82) is 0 Å². The molecule has 1 amide bonds. The zero-order valence-corrected chi connectivity index (χ0v) is 15.3. The van der Waals surface area contributed by atoms with Crippen LogP contribution >= 0.6 is 12.4 Å². The molecule has 0 aliphatic carbocycles. The van der Waals surface area contributed by atoms with Crippen LogP contribution in [-0.4, -0.2) is 25.7 Å². The van der Waals surface area contributed by atoms with Crippen molar-refractivity contribution in [2.45, 2.75) is 18.8 Å². The second-order valence-electron chi connectivity index (χ2n) is 5.55. The fourth-order valence-electron chi connectivity index (χ4n) is 2.10. The number of carbonyl (C=O) groups is 1.